The standard InChI is InChI=1S/C29H35N7O2.CH3F/c1-5-18-12-20(37)7-9-21(18)19-6-8-22-23(13-19)32-33-27(22)28-30-24-14-26(35(4)16-25(24)31-28)29(38)36-11-10-34(3)15-17(36)2;1-2/h6-9,12-13,17,26,37H,5,10-11,14-16H2,1-4H3,(H,30,31)(H,32,33);1H3. The van der Waals surface area contributed by atoms with E-state index in [1.54, 1.807) is 6.07 Å². The van der Waals surface area contributed by atoms with Gasteiger partial charge in [0, 0.05) is 44.0 Å². The number of aromatic nitrogens is 4. The van der Waals surface area contributed by atoms with Crippen molar-refractivity contribution in [1.82, 2.24) is 34.9 Å². The molecule has 0 aliphatic carbocycles. The molecule has 6 rings (SSSR count). The van der Waals surface area contributed by atoms with E-state index in [0.717, 1.165) is 76.6 Å². The molecule has 0 bridgehead atoms. The van der Waals surface area contributed by atoms with E-state index in [2.05, 4.69) is 64.1 Å². The van der Waals surface area contributed by atoms with Gasteiger partial charge in [-0.25, -0.2) is 4.98 Å². The predicted molar refractivity (Wildman–Crippen MR) is 155 cm³/mol. The number of phenolic OH excluding ortho intramolecular Hbond substituents is 1. The fourth-order valence-corrected chi connectivity index (χ4v) is 6.01. The number of aromatic amines is 2. The first-order chi connectivity index (χ1) is 19.3. The minimum absolute atomic E-state index is 0.196. The van der Waals surface area contributed by atoms with E-state index in [-0.39, 0.29) is 23.7 Å². The van der Waals surface area contributed by atoms with Crippen LogP contribution in [0.4, 0.5) is 4.39 Å². The molecule has 2 aliphatic heterocycles. The fraction of sp³-hybridized carbons (Fsp3) is 0.433. The van der Waals surface area contributed by atoms with Crippen LogP contribution >= 0.6 is 0 Å². The smallest absolute Gasteiger partial charge is 0.240 e. The number of carbonyl (C=O) groups excluding carboxylic acids is 1. The maximum Gasteiger partial charge on any atom is 0.240 e. The van der Waals surface area contributed by atoms with Crippen LogP contribution < -0.4 is 0 Å². The average molecular weight is 548 g/mol. The number of nitrogens with one attached hydrogen (secondary N) is 2. The number of halogens is 1. The van der Waals surface area contributed by atoms with Gasteiger partial charge in [-0.2, -0.15) is 5.10 Å². The largest absolute Gasteiger partial charge is 0.508 e. The monoisotopic (exact) mass is 547 g/mol. The summed E-state index contributed by atoms with van der Waals surface area (Å²) >= 11 is 0. The fourth-order valence-electron chi connectivity index (χ4n) is 6.01. The van der Waals surface area contributed by atoms with Crippen LogP contribution in [0.3, 0.4) is 0 Å². The maximum atomic E-state index is 13.5. The highest BCUT2D eigenvalue weighted by Gasteiger charge is 2.37. The van der Waals surface area contributed by atoms with Crippen molar-refractivity contribution in [2.75, 3.05) is 40.9 Å². The number of amides is 1. The molecule has 1 fully saturated rings. The third-order valence-electron chi connectivity index (χ3n) is 8.16. The van der Waals surface area contributed by atoms with Crippen LogP contribution in [-0.4, -0.2) is 98.9 Å². The SMILES string of the molecule is CCc1cc(O)ccc1-c1ccc2c(-c3nc4c([nH]3)CN(C)C(C(=O)N3CCN(C)CC3C)C4)n[nH]c2c1.CF. The number of aryl methyl sites for hydroxylation is 1. The molecule has 0 saturated carbocycles. The summed E-state index contributed by atoms with van der Waals surface area (Å²) in [5.74, 6) is 1.20. The topological polar surface area (TPSA) is 104 Å². The third-order valence-corrected chi connectivity index (χ3v) is 8.16. The highest BCUT2D eigenvalue weighted by atomic mass is 19.1. The molecule has 4 heterocycles. The molecule has 10 heteroatoms. The van der Waals surface area contributed by atoms with Gasteiger partial charge in [0.1, 0.15) is 11.4 Å². The molecule has 0 spiro atoms. The van der Waals surface area contributed by atoms with E-state index in [1.165, 1.54) is 0 Å². The number of imidazole rings is 1. The average Bonchev–Trinajstić information content (AvgIpc) is 3.56. The van der Waals surface area contributed by atoms with Crippen molar-refractivity contribution in [3.05, 3.63) is 53.3 Å². The van der Waals surface area contributed by atoms with Gasteiger partial charge in [0.2, 0.25) is 5.91 Å². The number of piperazine rings is 1. The number of carbonyl (C=O) groups is 1. The van der Waals surface area contributed by atoms with E-state index >= 15 is 0 Å². The first-order valence-electron chi connectivity index (χ1n) is 13.8. The first kappa shape index (κ1) is 27.8. The molecule has 2 aromatic carbocycles. The van der Waals surface area contributed by atoms with Crippen LogP contribution in [0.2, 0.25) is 0 Å². The third kappa shape index (κ3) is 5.09. The molecule has 2 unspecified atom stereocenters. The number of likely N-dealkylation sites (N-methyl/N-ethyl adjacent to an activating group) is 2. The number of hydrogen-bond acceptors (Lipinski definition) is 6. The van der Waals surface area contributed by atoms with Crippen LogP contribution in [0.1, 0.15) is 30.8 Å². The van der Waals surface area contributed by atoms with Gasteiger partial charge in [0.05, 0.1) is 30.1 Å². The first-order valence-corrected chi connectivity index (χ1v) is 13.8. The van der Waals surface area contributed by atoms with Gasteiger partial charge < -0.3 is 19.9 Å². The lowest BCUT2D eigenvalue weighted by Crippen LogP contribution is -2.58. The number of phenols is 1. The van der Waals surface area contributed by atoms with Crippen molar-refractivity contribution >= 4 is 16.8 Å². The summed E-state index contributed by atoms with van der Waals surface area (Å²) in [7, 11) is 4.63. The lowest BCUT2D eigenvalue weighted by atomic mass is 9.97. The molecular formula is C30H38FN7O2. The van der Waals surface area contributed by atoms with Crippen molar-refractivity contribution in [3.8, 4) is 28.4 Å². The highest BCUT2D eigenvalue weighted by Crippen LogP contribution is 2.33. The van der Waals surface area contributed by atoms with Crippen molar-refractivity contribution in [3.63, 3.8) is 0 Å². The molecule has 9 nitrogen and oxygen atoms in total. The minimum Gasteiger partial charge on any atom is -0.508 e. The van der Waals surface area contributed by atoms with E-state index in [4.69, 9.17) is 4.98 Å². The Balaban J connectivity index is 0.00000158. The molecule has 40 heavy (non-hydrogen) atoms. The summed E-state index contributed by atoms with van der Waals surface area (Å²) in [5, 5.41) is 18.7. The summed E-state index contributed by atoms with van der Waals surface area (Å²) < 4.78 is 9.50. The Kier molecular flexibility index (Phi) is 7.91. The Hall–Kier alpha value is -3.76. The molecule has 4 aromatic rings. The van der Waals surface area contributed by atoms with Gasteiger partial charge in [-0.15, -0.1) is 0 Å². The zero-order valence-electron chi connectivity index (χ0n) is 23.8. The van der Waals surface area contributed by atoms with Crippen molar-refractivity contribution in [2.45, 2.75) is 45.3 Å². The molecule has 1 saturated heterocycles. The molecule has 2 aliphatic rings. The molecule has 2 atom stereocenters. The number of aromatic hydroxyl groups is 1. The van der Waals surface area contributed by atoms with Crippen molar-refractivity contribution < 1.29 is 14.3 Å². The van der Waals surface area contributed by atoms with Crippen LogP contribution in [-0.2, 0) is 24.2 Å². The van der Waals surface area contributed by atoms with Gasteiger partial charge in [0.15, 0.2) is 5.82 Å². The van der Waals surface area contributed by atoms with Crippen LogP contribution in [0.25, 0.3) is 33.5 Å². The Bertz CT molecular complexity index is 1510. The van der Waals surface area contributed by atoms with E-state index in [1.807, 2.05) is 24.1 Å². The highest BCUT2D eigenvalue weighted by molar-refractivity contribution is 5.94. The molecule has 2 aromatic heterocycles. The number of hydrogen-bond donors (Lipinski definition) is 3. The summed E-state index contributed by atoms with van der Waals surface area (Å²) in [5.41, 5.74) is 6.97. The lowest BCUT2D eigenvalue weighted by Gasteiger charge is -2.42. The second kappa shape index (κ2) is 11.4. The van der Waals surface area contributed by atoms with E-state index < -0.39 is 0 Å². The van der Waals surface area contributed by atoms with Crippen LogP contribution in [0, 0.1) is 0 Å². The number of nitrogens with zero attached hydrogens (tertiary/aromatic N) is 5. The summed E-state index contributed by atoms with van der Waals surface area (Å²) in [6.07, 6.45) is 1.42. The molecule has 3 N–H and O–H groups in total. The maximum absolute atomic E-state index is 13.5. The van der Waals surface area contributed by atoms with Gasteiger partial charge in [0.25, 0.3) is 0 Å². The molecule has 1 amide bonds. The number of benzene rings is 2. The van der Waals surface area contributed by atoms with Crippen molar-refractivity contribution in [2.24, 2.45) is 0 Å². The Morgan fingerprint density at radius 3 is 2.70 bits per heavy atom. The van der Waals surface area contributed by atoms with Gasteiger partial charge in [-0.1, -0.05) is 19.1 Å². The number of alkyl halides is 1. The predicted octanol–water partition coefficient (Wildman–Crippen LogP) is 3.99. The normalized spacial score (nSPS) is 19.8. The Labute approximate surface area is 234 Å². The Morgan fingerprint density at radius 1 is 1.15 bits per heavy atom. The summed E-state index contributed by atoms with van der Waals surface area (Å²) in [4.78, 5) is 28.4. The lowest BCUT2D eigenvalue weighted by molar-refractivity contribution is -0.141. The van der Waals surface area contributed by atoms with E-state index in [0.29, 0.717) is 20.1 Å². The van der Waals surface area contributed by atoms with Gasteiger partial charge in [-0.05, 0) is 68.4 Å². The number of rotatable bonds is 4. The molecule has 212 valence electrons. The zero-order chi connectivity index (χ0) is 28.6. The van der Waals surface area contributed by atoms with Gasteiger partial charge in [-0.3, -0.25) is 19.2 Å². The number of H-pyrrole nitrogens is 2. The number of fused-ring (bicyclic) bond motifs is 2. The minimum atomic E-state index is -0.207. The van der Waals surface area contributed by atoms with E-state index in [9.17, 15) is 14.3 Å². The van der Waals surface area contributed by atoms with Crippen LogP contribution in [0.5, 0.6) is 5.75 Å². The van der Waals surface area contributed by atoms with Crippen LogP contribution in [0.15, 0.2) is 36.4 Å². The summed E-state index contributed by atoms with van der Waals surface area (Å²) in [6.45, 7) is 7.45. The van der Waals surface area contributed by atoms with Gasteiger partial charge >= 0.3 is 0 Å². The molecule has 0 radical (unpaired) electrons. The summed E-state index contributed by atoms with van der Waals surface area (Å²) in [6, 6.07) is 11.8. The molecular weight excluding hydrogens is 509 g/mol. The second-order valence-corrected chi connectivity index (χ2v) is 10.8. The van der Waals surface area contributed by atoms with Crippen molar-refractivity contribution in [1.29, 1.82) is 0 Å². The zero-order valence-corrected chi connectivity index (χ0v) is 23.8. The second-order valence-electron chi connectivity index (χ2n) is 10.8. The Morgan fingerprint density at radius 2 is 1.95 bits per heavy atom. The quantitative estimate of drug-likeness (QED) is 0.357.